The summed E-state index contributed by atoms with van der Waals surface area (Å²) in [5.41, 5.74) is 2.84. The lowest BCUT2D eigenvalue weighted by atomic mass is 10.1. The van der Waals surface area contributed by atoms with Crippen LogP contribution in [-0.4, -0.2) is 66.8 Å². The number of piperidine rings is 1. The van der Waals surface area contributed by atoms with Gasteiger partial charge in [-0.1, -0.05) is 25.1 Å². The van der Waals surface area contributed by atoms with E-state index in [0.717, 1.165) is 52.1 Å². The molecule has 0 radical (unpaired) electrons. The predicted molar refractivity (Wildman–Crippen MR) is 91.3 cm³/mol. The molecule has 0 unspecified atom stereocenters. The van der Waals surface area contributed by atoms with Crippen molar-refractivity contribution in [2.24, 2.45) is 0 Å². The van der Waals surface area contributed by atoms with Crippen LogP contribution in [0.5, 0.6) is 0 Å². The zero-order valence-corrected chi connectivity index (χ0v) is 13.7. The second-order valence-electron chi connectivity index (χ2n) is 6.56. The fourth-order valence-electron chi connectivity index (χ4n) is 3.58. The molecule has 3 rings (SSSR count). The summed E-state index contributed by atoms with van der Waals surface area (Å²) in [6.45, 7) is 11.0. The van der Waals surface area contributed by atoms with Gasteiger partial charge >= 0.3 is 0 Å². The van der Waals surface area contributed by atoms with Gasteiger partial charge in [0.25, 0.3) is 0 Å². The fourth-order valence-corrected chi connectivity index (χ4v) is 3.58. The van der Waals surface area contributed by atoms with Crippen molar-refractivity contribution < 1.29 is 5.11 Å². The third-order valence-corrected chi connectivity index (χ3v) is 5.10. The molecule has 2 fully saturated rings. The van der Waals surface area contributed by atoms with Gasteiger partial charge in [-0.25, -0.2) is 0 Å². The fraction of sp³-hybridized carbons (Fsp3) is 0.667. The first-order chi connectivity index (χ1) is 10.8. The van der Waals surface area contributed by atoms with Crippen molar-refractivity contribution >= 4 is 5.69 Å². The predicted octanol–water partition coefficient (Wildman–Crippen LogP) is 1.79. The normalized spacial score (nSPS) is 22.2. The highest BCUT2D eigenvalue weighted by molar-refractivity contribution is 5.54. The molecule has 0 saturated carbocycles. The maximum atomic E-state index is 9.66. The molecule has 1 aromatic rings. The number of aliphatic hydroxyl groups is 1. The Morgan fingerprint density at radius 3 is 2.32 bits per heavy atom. The van der Waals surface area contributed by atoms with Crippen LogP contribution in [0.1, 0.15) is 25.3 Å². The lowest BCUT2D eigenvalue weighted by molar-refractivity contribution is 0.0793. The molecule has 0 amide bonds. The van der Waals surface area contributed by atoms with Crippen molar-refractivity contribution in [2.45, 2.75) is 32.4 Å². The molecule has 0 bridgehead atoms. The first-order valence-electron chi connectivity index (χ1n) is 8.72. The van der Waals surface area contributed by atoms with Crippen LogP contribution in [-0.2, 0) is 6.54 Å². The minimum atomic E-state index is -0.0892. The molecule has 1 aromatic carbocycles. The average molecular weight is 303 g/mol. The molecule has 0 aliphatic carbocycles. The molecule has 2 heterocycles. The second-order valence-corrected chi connectivity index (χ2v) is 6.56. The summed E-state index contributed by atoms with van der Waals surface area (Å²) in [7, 11) is 0. The van der Waals surface area contributed by atoms with E-state index in [0.29, 0.717) is 0 Å². The van der Waals surface area contributed by atoms with Gasteiger partial charge in [0.15, 0.2) is 0 Å². The number of benzene rings is 1. The monoisotopic (exact) mass is 303 g/mol. The van der Waals surface area contributed by atoms with E-state index in [9.17, 15) is 5.11 Å². The van der Waals surface area contributed by atoms with Gasteiger partial charge in [0.1, 0.15) is 0 Å². The SMILES string of the molecule is CCN1CCN(c2ccccc2CN2CCC(O)CC2)CC1. The molecule has 1 N–H and O–H groups in total. The van der Waals surface area contributed by atoms with Gasteiger partial charge in [-0.05, 0) is 31.0 Å². The van der Waals surface area contributed by atoms with E-state index in [2.05, 4.69) is 45.9 Å². The van der Waals surface area contributed by atoms with E-state index < -0.39 is 0 Å². The van der Waals surface area contributed by atoms with Crippen molar-refractivity contribution in [1.82, 2.24) is 9.80 Å². The van der Waals surface area contributed by atoms with E-state index in [-0.39, 0.29) is 6.10 Å². The highest BCUT2D eigenvalue weighted by atomic mass is 16.3. The summed E-state index contributed by atoms with van der Waals surface area (Å²) >= 11 is 0. The molecule has 4 nitrogen and oxygen atoms in total. The van der Waals surface area contributed by atoms with E-state index >= 15 is 0 Å². The first kappa shape index (κ1) is 15.8. The third-order valence-electron chi connectivity index (χ3n) is 5.10. The number of hydrogen-bond donors (Lipinski definition) is 1. The van der Waals surface area contributed by atoms with Gasteiger partial charge < -0.3 is 14.9 Å². The summed E-state index contributed by atoms with van der Waals surface area (Å²) < 4.78 is 0. The third kappa shape index (κ3) is 3.80. The van der Waals surface area contributed by atoms with Crippen molar-refractivity contribution in [3.8, 4) is 0 Å². The number of piperazine rings is 1. The molecule has 0 aromatic heterocycles. The number of rotatable bonds is 4. The number of likely N-dealkylation sites (N-methyl/N-ethyl adjacent to an activating group) is 1. The molecule has 2 aliphatic rings. The quantitative estimate of drug-likeness (QED) is 0.918. The van der Waals surface area contributed by atoms with Crippen LogP contribution in [0.4, 0.5) is 5.69 Å². The Hall–Kier alpha value is -1.10. The zero-order chi connectivity index (χ0) is 15.4. The minimum Gasteiger partial charge on any atom is -0.393 e. The number of para-hydroxylation sites is 1. The van der Waals surface area contributed by atoms with Crippen LogP contribution in [0.3, 0.4) is 0 Å². The molecule has 4 heteroatoms. The summed E-state index contributed by atoms with van der Waals surface area (Å²) in [5, 5.41) is 9.66. The Morgan fingerprint density at radius 1 is 0.955 bits per heavy atom. The maximum Gasteiger partial charge on any atom is 0.0564 e. The van der Waals surface area contributed by atoms with Gasteiger partial charge in [-0.2, -0.15) is 0 Å². The molecule has 0 atom stereocenters. The number of likely N-dealkylation sites (tertiary alicyclic amines) is 1. The van der Waals surface area contributed by atoms with Crippen LogP contribution >= 0.6 is 0 Å². The highest BCUT2D eigenvalue weighted by Gasteiger charge is 2.21. The zero-order valence-electron chi connectivity index (χ0n) is 13.7. The van der Waals surface area contributed by atoms with Crippen LogP contribution < -0.4 is 4.90 Å². The Morgan fingerprint density at radius 2 is 1.64 bits per heavy atom. The van der Waals surface area contributed by atoms with Gasteiger partial charge in [0.2, 0.25) is 0 Å². The molecular weight excluding hydrogens is 274 g/mol. The van der Waals surface area contributed by atoms with Crippen LogP contribution in [0, 0.1) is 0 Å². The summed E-state index contributed by atoms with van der Waals surface area (Å²) in [6.07, 6.45) is 1.74. The lowest BCUT2D eigenvalue weighted by Gasteiger charge is -2.37. The van der Waals surface area contributed by atoms with E-state index in [1.807, 2.05) is 0 Å². The summed E-state index contributed by atoms with van der Waals surface area (Å²) in [4.78, 5) is 7.54. The Bertz CT molecular complexity index is 463. The molecule has 22 heavy (non-hydrogen) atoms. The number of hydrogen-bond acceptors (Lipinski definition) is 4. The van der Waals surface area contributed by atoms with E-state index in [4.69, 9.17) is 0 Å². The first-order valence-corrected chi connectivity index (χ1v) is 8.72. The summed E-state index contributed by atoms with van der Waals surface area (Å²) in [5.74, 6) is 0. The van der Waals surface area contributed by atoms with E-state index in [1.54, 1.807) is 0 Å². The van der Waals surface area contributed by atoms with Crippen molar-refractivity contribution in [2.75, 3.05) is 50.7 Å². The van der Waals surface area contributed by atoms with E-state index in [1.165, 1.54) is 24.3 Å². The molecule has 2 aliphatic heterocycles. The van der Waals surface area contributed by atoms with Gasteiger partial charge in [-0.3, -0.25) is 4.90 Å². The topological polar surface area (TPSA) is 30.0 Å². The largest absolute Gasteiger partial charge is 0.393 e. The van der Waals surface area contributed by atoms with Gasteiger partial charge in [0.05, 0.1) is 6.10 Å². The highest BCUT2D eigenvalue weighted by Crippen LogP contribution is 2.24. The van der Waals surface area contributed by atoms with Crippen molar-refractivity contribution in [1.29, 1.82) is 0 Å². The average Bonchev–Trinajstić information content (AvgIpc) is 2.58. The van der Waals surface area contributed by atoms with Crippen molar-refractivity contribution in [3.63, 3.8) is 0 Å². The second kappa shape index (κ2) is 7.44. The summed E-state index contributed by atoms with van der Waals surface area (Å²) in [6, 6.07) is 8.85. The molecule has 0 spiro atoms. The number of anilines is 1. The lowest BCUT2D eigenvalue weighted by Crippen LogP contribution is -2.46. The Balaban J connectivity index is 1.65. The van der Waals surface area contributed by atoms with Crippen LogP contribution in [0.15, 0.2) is 24.3 Å². The smallest absolute Gasteiger partial charge is 0.0564 e. The Labute approximate surface area is 134 Å². The standard InChI is InChI=1S/C18H29N3O/c1-2-19-11-13-21(14-12-19)18-6-4-3-5-16(18)15-20-9-7-17(22)8-10-20/h3-6,17,22H,2,7-15H2,1H3. The number of nitrogens with zero attached hydrogens (tertiary/aromatic N) is 3. The molecular formula is C18H29N3O. The van der Waals surface area contributed by atoms with Crippen molar-refractivity contribution in [3.05, 3.63) is 29.8 Å². The minimum absolute atomic E-state index is 0.0892. The molecule has 122 valence electrons. The maximum absolute atomic E-state index is 9.66. The Kier molecular flexibility index (Phi) is 5.34. The number of aliphatic hydroxyl groups excluding tert-OH is 1. The van der Waals surface area contributed by atoms with Crippen LogP contribution in [0.25, 0.3) is 0 Å². The van der Waals surface area contributed by atoms with Crippen LogP contribution in [0.2, 0.25) is 0 Å². The molecule has 2 saturated heterocycles. The van der Waals surface area contributed by atoms with Gasteiger partial charge in [-0.15, -0.1) is 0 Å². The van der Waals surface area contributed by atoms with Gasteiger partial charge in [0, 0.05) is 51.5 Å².